The number of nitrogens with zero attached hydrogens (tertiary/aromatic N) is 1. The van der Waals surface area contributed by atoms with Crippen LogP contribution >= 0.6 is 28.1 Å². The molecule has 0 bridgehead atoms. The van der Waals surface area contributed by atoms with E-state index in [-0.39, 0.29) is 11.3 Å². The van der Waals surface area contributed by atoms with Crippen LogP contribution in [0.1, 0.15) is 34.6 Å². The Morgan fingerprint density at radius 1 is 1.36 bits per heavy atom. The molecule has 1 aromatic carbocycles. The van der Waals surface area contributed by atoms with E-state index in [1.165, 1.54) is 5.56 Å². The number of hydrogen-bond donors (Lipinski definition) is 2. The van der Waals surface area contributed by atoms with Crippen molar-refractivity contribution in [1.82, 2.24) is 15.8 Å². The summed E-state index contributed by atoms with van der Waals surface area (Å²) in [6.07, 6.45) is 3.27. The monoisotopic (exact) mass is 417 g/mol. The third kappa shape index (κ3) is 1.85. The Kier molecular flexibility index (Phi) is 3.05. The topological polar surface area (TPSA) is 67.2 Å². The van der Waals surface area contributed by atoms with Gasteiger partial charge in [-0.25, -0.2) is 0 Å². The fraction of sp³-hybridized carbons (Fsp3) is 0.389. The van der Waals surface area contributed by atoms with Crippen LogP contribution < -0.4 is 10.6 Å². The zero-order valence-corrected chi connectivity index (χ0v) is 16.0. The molecule has 128 valence electrons. The van der Waals surface area contributed by atoms with Crippen molar-refractivity contribution in [2.45, 2.75) is 38.1 Å². The molecule has 0 saturated carbocycles. The van der Waals surface area contributed by atoms with Gasteiger partial charge in [-0.1, -0.05) is 27.2 Å². The molecule has 3 aliphatic rings. The normalized spacial score (nSPS) is 29.7. The molecule has 25 heavy (non-hydrogen) atoms. The molecular weight excluding hydrogens is 402 g/mol. The third-order valence-corrected chi connectivity index (χ3v) is 6.79. The first kappa shape index (κ1) is 15.5. The molecule has 2 aromatic rings. The molecule has 2 aliphatic carbocycles. The van der Waals surface area contributed by atoms with Gasteiger partial charge < -0.3 is 15.2 Å². The van der Waals surface area contributed by atoms with E-state index < -0.39 is 5.54 Å². The van der Waals surface area contributed by atoms with Crippen LogP contribution in [0.5, 0.6) is 0 Å². The third-order valence-electron chi connectivity index (χ3n) is 6.09. The minimum atomic E-state index is -0.829. The minimum absolute atomic E-state index is 0.0492. The first-order valence-electron chi connectivity index (χ1n) is 8.32. The van der Waals surface area contributed by atoms with Gasteiger partial charge in [-0.2, -0.15) is 0 Å². The summed E-state index contributed by atoms with van der Waals surface area (Å²) in [6, 6.07) is 6.21. The molecule has 2 atom stereocenters. The number of carbonyl (C=O) groups excluding carboxylic acids is 1. The van der Waals surface area contributed by atoms with E-state index in [1.54, 1.807) is 0 Å². The lowest BCUT2D eigenvalue weighted by Gasteiger charge is -2.44. The van der Waals surface area contributed by atoms with Crippen molar-refractivity contribution >= 4 is 39.2 Å². The lowest BCUT2D eigenvalue weighted by Crippen LogP contribution is -2.57. The summed E-state index contributed by atoms with van der Waals surface area (Å²) in [7, 11) is 0. The standard InChI is InChI=1S/C18H16BrN3O2S/c1-9-12-8-17(5-4-14(12)22-24-9)7-10-2-3-11(19)6-13(10)18(17)15(23)20-16(25)21-18/h2-3,6H,4-5,7-8H2,1H3,(H2,20,21,23,25). The SMILES string of the molecule is Cc1onc2c1CC1(CC2)Cc2ccc(Br)cc2C12NC(=S)NC2=O. The van der Waals surface area contributed by atoms with E-state index in [9.17, 15) is 4.79 Å². The van der Waals surface area contributed by atoms with Crippen molar-refractivity contribution in [3.05, 3.63) is 50.8 Å². The predicted octanol–water partition coefficient (Wildman–Crippen LogP) is 2.68. The van der Waals surface area contributed by atoms with E-state index >= 15 is 0 Å². The highest BCUT2D eigenvalue weighted by Gasteiger charge is 2.65. The van der Waals surface area contributed by atoms with E-state index in [0.717, 1.165) is 52.7 Å². The number of carbonyl (C=O) groups is 1. The van der Waals surface area contributed by atoms with Crippen molar-refractivity contribution in [3.8, 4) is 0 Å². The fourth-order valence-corrected chi connectivity index (χ4v) is 5.58. The maximum atomic E-state index is 13.2. The van der Waals surface area contributed by atoms with Gasteiger partial charge in [0.1, 0.15) is 5.76 Å². The first-order chi connectivity index (χ1) is 11.9. The van der Waals surface area contributed by atoms with Gasteiger partial charge >= 0.3 is 0 Å². The van der Waals surface area contributed by atoms with E-state index in [1.807, 2.05) is 13.0 Å². The van der Waals surface area contributed by atoms with Gasteiger partial charge in [0.15, 0.2) is 10.7 Å². The lowest BCUT2D eigenvalue weighted by atomic mass is 9.61. The maximum Gasteiger partial charge on any atom is 0.257 e. The summed E-state index contributed by atoms with van der Waals surface area (Å²) >= 11 is 8.88. The van der Waals surface area contributed by atoms with Crippen LogP contribution in [-0.2, 0) is 29.6 Å². The number of aryl methyl sites for hydroxylation is 2. The molecule has 2 unspecified atom stereocenters. The van der Waals surface area contributed by atoms with Crippen LogP contribution in [0.3, 0.4) is 0 Å². The van der Waals surface area contributed by atoms with Gasteiger partial charge in [-0.15, -0.1) is 0 Å². The van der Waals surface area contributed by atoms with Crippen molar-refractivity contribution in [2.24, 2.45) is 5.41 Å². The van der Waals surface area contributed by atoms with Crippen LogP contribution in [-0.4, -0.2) is 16.2 Å². The van der Waals surface area contributed by atoms with Crippen LogP contribution in [0.4, 0.5) is 0 Å². The zero-order valence-electron chi connectivity index (χ0n) is 13.6. The highest BCUT2D eigenvalue weighted by molar-refractivity contribution is 9.10. The van der Waals surface area contributed by atoms with Crippen LogP contribution in [0.2, 0.25) is 0 Å². The number of fused-ring (bicyclic) bond motifs is 4. The summed E-state index contributed by atoms with van der Waals surface area (Å²) in [5.74, 6) is 0.800. The summed E-state index contributed by atoms with van der Waals surface area (Å²) in [4.78, 5) is 13.2. The molecule has 2 spiro atoms. The van der Waals surface area contributed by atoms with Crippen LogP contribution in [0.25, 0.3) is 0 Å². The van der Waals surface area contributed by atoms with E-state index in [0.29, 0.717) is 5.11 Å². The molecule has 0 radical (unpaired) electrons. The lowest BCUT2D eigenvalue weighted by molar-refractivity contribution is -0.129. The molecule has 5 nitrogen and oxygen atoms in total. The average Bonchev–Trinajstić information content (AvgIpc) is 3.17. The van der Waals surface area contributed by atoms with Gasteiger partial charge in [-0.05, 0) is 68.1 Å². The van der Waals surface area contributed by atoms with Crippen molar-refractivity contribution in [1.29, 1.82) is 0 Å². The summed E-state index contributed by atoms with van der Waals surface area (Å²) < 4.78 is 6.38. The average molecular weight is 418 g/mol. The van der Waals surface area contributed by atoms with Gasteiger partial charge in [-0.3, -0.25) is 4.79 Å². The predicted molar refractivity (Wildman–Crippen MR) is 99.1 cm³/mol. The summed E-state index contributed by atoms with van der Waals surface area (Å²) in [6.45, 7) is 1.95. The van der Waals surface area contributed by atoms with Crippen molar-refractivity contribution < 1.29 is 9.32 Å². The second kappa shape index (κ2) is 4.92. The Bertz CT molecular complexity index is 956. The number of rotatable bonds is 0. The Morgan fingerprint density at radius 3 is 2.96 bits per heavy atom. The number of halogens is 1. The number of amides is 1. The Balaban J connectivity index is 1.74. The van der Waals surface area contributed by atoms with E-state index in [2.05, 4.69) is 43.9 Å². The van der Waals surface area contributed by atoms with Crippen molar-refractivity contribution in [3.63, 3.8) is 0 Å². The minimum Gasteiger partial charge on any atom is -0.361 e. The Hall–Kier alpha value is -1.73. The van der Waals surface area contributed by atoms with Gasteiger partial charge in [0.05, 0.1) is 5.69 Å². The smallest absolute Gasteiger partial charge is 0.257 e. The largest absolute Gasteiger partial charge is 0.361 e. The zero-order chi connectivity index (χ0) is 17.4. The number of benzene rings is 1. The molecule has 2 N–H and O–H groups in total. The molecule has 1 saturated heterocycles. The van der Waals surface area contributed by atoms with Crippen LogP contribution in [0, 0.1) is 12.3 Å². The highest BCUT2D eigenvalue weighted by Crippen LogP contribution is 2.58. The van der Waals surface area contributed by atoms with Crippen molar-refractivity contribution in [2.75, 3.05) is 0 Å². The quantitative estimate of drug-likeness (QED) is 0.644. The molecule has 1 aliphatic heterocycles. The Morgan fingerprint density at radius 2 is 2.20 bits per heavy atom. The number of aromatic nitrogens is 1. The molecule has 5 rings (SSSR count). The number of hydrogen-bond acceptors (Lipinski definition) is 4. The van der Waals surface area contributed by atoms with Gasteiger partial charge in [0, 0.05) is 15.5 Å². The first-order valence-corrected chi connectivity index (χ1v) is 9.52. The fourth-order valence-electron chi connectivity index (χ4n) is 4.97. The molecular formula is C18H16BrN3O2S. The molecule has 1 amide bonds. The van der Waals surface area contributed by atoms with E-state index in [4.69, 9.17) is 16.7 Å². The van der Waals surface area contributed by atoms with Crippen LogP contribution in [0.15, 0.2) is 27.2 Å². The molecule has 7 heteroatoms. The number of thiocarbonyl (C=S) groups is 1. The molecule has 1 fully saturated rings. The Labute approximate surface area is 158 Å². The summed E-state index contributed by atoms with van der Waals surface area (Å²) in [5, 5.41) is 10.8. The second-order valence-corrected chi connectivity index (χ2v) is 8.58. The molecule has 1 aromatic heterocycles. The maximum absolute atomic E-state index is 13.2. The second-order valence-electron chi connectivity index (χ2n) is 7.26. The molecule has 2 heterocycles. The summed E-state index contributed by atoms with van der Waals surface area (Å²) in [5.41, 5.74) is 3.29. The highest BCUT2D eigenvalue weighted by atomic mass is 79.9. The van der Waals surface area contributed by atoms with Gasteiger partial charge in [0.25, 0.3) is 5.91 Å². The van der Waals surface area contributed by atoms with Gasteiger partial charge in [0.2, 0.25) is 0 Å². The number of nitrogens with one attached hydrogen (secondary N) is 2.